The first-order chi connectivity index (χ1) is 17.2. The maximum atomic E-state index is 13.7. The molecule has 1 amide bonds. The molecular formula is C30H30N2O3. The van der Waals surface area contributed by atoms with Gasteiger partial charge in [0, 0.05) is 38.3 Å². The van der Waals surface area contributed by atoms with E-state index in [1.54, 1.807) is 12.5 Å². The van der Waals surface area contributed by atoms with Gasteiger partial charge < -0.3 is 14.1 Å². The summed E-state index contributed by atoms with van der Waals surface area (Å²) in [6.07, 6.45) is 2.85. The summed E-state index contributed by atoms with van der Waals surface area (Å²) in [5.41, 5.74) is 5.60. The predicted molar refractivity (Wildman–Crippen MR) is 136 cm³/mol. The summed E-state index contributed by atoms with van der Waals surface area (Å²) in [5, 5.41) is 0. The Balaban J connectivity index is 1.33. The standard InChI is InChI=1S/C30H30N2O3/c33-30(29-22-31(15-17-35-29)19-24-8-3-1-4-9-24)32(21-26-14-16-34-23-26)20-25-10-7-13-28(18-25)27-11-5-2-6-12-27/h1-14,16,18,23,29H,15,17,19-22H2. The summed E-state index contributed by atoms with van der Waals surface area (Å²) >= 11 is 0. The minimum atomic E-state index is -0.489. The molecule has 0 bridgehead atoms. The lowest BCUT2D eigenvalue weighted by molar-refractivity contribution is -0.151. The van der Waals surface area contributed by atoms with Crippen molar-refractivity contribution >= 4 is 5.91 Å². The number of nitrogens with zero attached hydrogens (tertiary/aromatic N) is 2. The van der Waals surface area contributed by atoms with Crippen molar-refractivity contribution in [2.75, 3.05) is 19.7 Å². The van der Waals surface area contributed by atoms with Gasteiger partial charge in [-0.2, -0.15) is 0 Å². The van der Waals surface area contributed by atoms with Crippen LogP contribution in [0.5, 0.6) is 0 Å². The van der Waals surface area contributed by atoms with Crippen molar-refractivity contribution in [3.8, 4) is 11.1 Å². The van der Waals surface area contributed by atoms with Crippen LogP contribution in [0.1, 0.15) is 16.7 Å². The zero-order valence-electron chi connectivity index (χ0n) is 19.8. The topological polar surface area (TPSA) is 45.9 Å². The molecule has 35 heavy (non-hydrogen) atoms. The first-order valence-electron chi connectivity index (χ1n) is 12.1. The number of morpholine rings is 1. The lowest BCUT2D eigenvalue weighted by atomic mass is 10.0. The number of furan rings is 1. The van der Waals surface area contributed by atoms with Gasteiger partial charge in [0.25, 0.3) is 5.91 Å². The molecule has 0 spiro atoms. The Morgan fingerprint density at radius 3 is 2.31 bits per heavy atom. The maximum Gasteiger partial charge on any atom is 0.253 e. The highest BCUT2D eigenvalue weighted by Gasteiger charge is 2.30. The van der Waals surface area contributed by atoms with Crippen molar-refractivity contribution in [3.63, 3.8) is 0 Å². The van der Waals surface area contributed by atoms with Crippen LogP contribution in [0.25, 0.3) is 11.1 Å². The van der Waals surface area contributed by atoms with Crippen molar-refractivity contribution in [1.82, 2.24) is 9.80 Å². The van der Waals surface area contributed by atoms with E-state index in [0.717, 1.165) is 35.3 Å². The predicted octanol–water partition coefficient (Wildman–Crippen LogP) is 5.38. The Labute approximate surface area is 206 Å². The molecule has 1 unspecified atom stereocenters. The fraction of sp³-hybridized carbons (Fsp3) is 0.233. The van der Waals surface area contributed by atoms with Gasteiger partial charge in [-0.25, -0.2) is 0 Å². The number of amides is 1. The van der Waals surface area contributed by atoms with E-state index in [2.05, 4.69) is 65.6 Å². The van der Waals surface area contributed by atoms with E-state index in [-0.39, 0.29) is 5.91 Å². The molecule has 3 aromatic carbocycles. The quantitative estimate of drug-likeness (QED) is 0.350. The molecule has 2 heterocycles. The fourth-order valence-electron chi connectivity index (χ4n) is 4.56. The molecule has 0 N–H and O–H groups in total. The highest BCUT2D eigenvalue weighted by molar-refractivity contribution is 5.81. The summed E-state index contributed by atoms with van der Waals surface area (Å²) < 4.78 is 11.3. The number of carbonyl (C=O) groups is 1. The molecule has 1 atom stereocenters. The van der Waals surface area contributed by atoms with Crippen molar-refractivity contribution in [3.05, 3.63) is 120 Å². The van der Waals surface area contributed by atoms with E-state index >= 15 is 0 Å². The number of ether oxygens (including phenoxy) is 1. The van der Waals surface area contributed by atoms with Gasteiger partial charge in [0.2, 0.25) is 0 Å². The van der Waals surface area contributed by atoms with Crippen LogP contribution < -0.4 is 0 Å². The van der Waals surface area contributed by atoms with E-state index in [1.807, 2.05) is 35.2 Å². The Kier molecular flexibility index (Phi) is 7.37. The number of hydrogen-bond donors (Lipinski definition) is 0. The molecule has 1 aliphatic rings. The molecule has 1 saturated heterocycles. The number of carbonyl (C=O) groups excluding carboxylic acids is 1. The van der Waals surface area contributed by atoms with Crippen molar-refractivity contribution in [1.29, 1.82) is 0 Å². The van der Waals surface area contributed by atoms with Gasteiger partial charge in [0.1, 0.15) is 6.10 Å². The number of hydrogen-bond acceptors (Lipinski definition) is 4. The second kappa shape index (κ2) is 11.2. The second-order valence-corrected chi connectivity index (χ2v) is 8.97. The lowest BCUT2D eigenvalue weighted by Crippen LogP contribution is -2.50. The number of rotatable bonds is 8. The fourth-order valence-corrected chi connectivity index (χ4v) is 4.56. The molecule has 4 aromatic rings. The van der Waals surface area contributed by atoms with Gasteiger partial charge in [-0.3, -0.25) is 9.69 Å². The van der Waals surface area contributed by atoms with Crippen LogP contribution >= 0.6 is 0 Å². The van der Waals surface area contributed by atoms with Crippen LogP contribution in [-0.2, 0) is 29.2 Å². The zero-order chi connectivity index (χ0) is 23.9. The molecule has 0 saturated carbocycles. The highest BCUT2D eigenvalue weighted by atomic mass is 16.5. The Hall–Kier alpha value is -3.67. The van der Waals surface area contributed by atoms with Gasteiger partial charge in [-0.1, -0.05) is 78.9 Å². The van der Waals surface area contributed by atoms with E-state index in [0.29, 0.717) is 26.2 Å². The molecule has 1 fully saturated rings. The maximum absolute atomic E-state index is 13.7. The monoisotopic (exact) mass is 466 g/mol. The molecule has 5 rings (SSSR count). The summed E-state index contributed by atoms with van der Waals surface area (Å²) in [4.78, 5) is 17.9. The Bertz CT molecular complexity index is 1210. The normalized spacial score (nSPS) is 16.2. The summed E-state index contributed by atoms with van der Waals surface area (Å²) in [7, 11) is 0. The zero-order valence-corrected chi connectivity index (χ0v) is 19.8. The summed E-state index contributed by atoms with van der Waals surface area (Å²) in [6, 6.07) is 31.0. The van der Waals surface area contributed by atoms with Crippen LogP contribution in [0.2, 0.25) is 0 Å². The van der Waals surface area contributed by atoms with Gasteiger partial charge in [0.05, 0.1) is 19.1 Å². The summed E-state index contributed by atoms with van der Waals surface area (Å²) in [5.74, 6) is 0.00840. The van der Waals surface area contributed by atoms with Gasteiger partial charge in [-0.05, 0) is 34.4 Å². The van der Waals surface area contributed by atoms with Crippen molar-refractivity contribution < 1.29 is 13.9 Å². The molecule has 178 valence electrons. The van der Waals surface area contributed by atoms with Crippen LogP contribution in [0.3, 0.4) is 0 Å². The summed E-state index contributed by atoms with van der Waals surface area (Å²) in [6.45, 7) is 3.74. The SMILES string of the molecule is O=C(C1CN(Cc2ccccc2)CCO1)N(Cc1ccoc1)Cc1cccc(-c2ccccc2)c1. The highest BCUT2D eigenvalue weighted by Crippen LogP contribution is 2.22. The van der Waals surface area contributed by atoms with E-state index in [4.69, 9.17) is 9.15 Å². The van der Waals surface area contributed by atoms with E-state index in [1.165, 1.54) is 5.56 Å². The van der Waals surface area contributed by atoms with E-state index < -0.39 is 6.10 Å². The smallest absolute Gasteiger partial charge is 0.253 e. The molecule has 5 heteroatoms. The van der Waals surface area contributed by atoms with Gasteiger partial charge >= 0.3 is 0 Å². The minimum Gasteiger partial charge on any atom is -0.472 e. The van der Waals surface area contributed by atoms with Crippen LogP contribution in [0.15, 0.2) is 108 Å². The largest absolute Gasteiger partial charge is 0.472 e. The first-order valence-corrected chi connectivity index (χ1v) is 12.1. The number of benzene rings is 3. The third-order valence-corrected chi connectivity index (χ3v) is 6.35. The van der Waals surface area contributed by atoms with Crippen LogP contribution in [-0.4, -0.2) is 41.5 Å². The first kappa shape index (κ1) is 23.1. The molecule has 0 aliphatic carbocycles. The average molecular weight is 467 g/mol. The minimum absolute atomic E-state index is 0.00840. The second-order valence-electron chi connectivity index (χ2n) is 8.97. The molecule has 5 nitrogen and oxygen atoms in total. The Morgan fingerprint density at radius 1 is 0.829 bits per heavy atom. The molecule has 1 aliphatic heterocycles. The van der Waals surface area contributed by atoms with Crippen molar-refractivity contribution in [2.24, 2.45) is 0 Å². The van der Waals surface area contributed by atoms with Gasteiger partial charge in [0.15, 0.2) is 0 Å². The Morgan fingerprint density at radius 2 is 1.54 bits per heavy atom. The van der Waals surface area contributed by atoms with Crippen molar-refractivity contribution in [2.45, 2.75) is 25.7 Å². The third-order valence-electron chi connectivity index (χ3n) is 6.35. The van der Waals surface area contributed by atoms with Gasteiger partial charge in [-0.15, -0.1) is 0 Å². The third kappa shape index (κ3) is 6.07. The average Bonchev–Trinajstić information content (AvgIpc) is 3.43. The van der Waals surface area contributed by atoms with Crippen LogP contribution in [0, 0.1) is 0 Å². The van der Waals surface area contributed by atoms with E-state index in [9.17, 15) is 4.79 Å². The molecule has 0 radical (unpaired) electrons. The molecular weight excluding hydrogens is 436 g/mol. The lowest BCUT2D eigenvalue weighted by Gasteiger charge is -2.35. The molecule has 1 aromatic heterocycles. The van der Waals surface area contributed by atoms with Crippen LogP contribution in [0.4, 0.5) is 0 Å².